The average molecular weight is 244 g/mol. The maximum absolute atomic E-state index is 11.6. The van der Waals surface area contributed by atoms with Crippen molar-refractivity contribution in [2.75, 3.05) is 19.8 Å². The first kappa shape index (κ1) is 15.7. The maximum atomic E-state index is 11.6. The van der Waals surface area contributed by atoms with Gasteiger partial charge in [-0.25, -0.2) is 4.99 Å². The molecule has 1 N–H and O–H groups in total. The Kier molecular flexibility index (Phi) is 8.63. The standard InChI is InChI=1S/C14H16N2O2/c1-5-8-15-13(6-2)11-12(4)14(17)16-9-10-18-7-3/h1-2,8,11H,4,7,9-10H2,3H3,(H,16,17)/b13-11-,15-8?. The van der Waals surface area contributed by atoms with Crippen molar-refractivity contribution in [1.82, 2.24) is 5.32 Å². The minimum atomic E-state index is -0.321. The average Bonchev–Trinajstić information content (AvgIpc) is 2.38. The van der Waals surface area contributed by atoms with E-state index in [1.807, 2.05) is 6.92 Å². The van der Waals surface area contributed by atoms with E-state index in [4.69, 9.17) is 17.6 Å². The first-order chi connectivity index (χ1) is 8.65. The molecule has 0 aromatic carbocycles. The molecule has 0 spiro atoms. The third-order valence-electron chi connectivity index (χ3n) is 1.76. The lowest BCUT2D eigenvalue weighted by molar-refractivity contribution is -0.117. The largest absolute Gasteiger partial charge is 0.380 e. The zero-order valence-electron chi connectivity index (χ0n) is 10.4. The quantitative estimate of drug-likeness (QED) is 0.238. The molecule has 0 aliphatic carbocycles. The third kappa shape index (κ3) is 7.05. The van der Waals surface area contributed by atoms with Gasteiger partial charge in [-0.15, -0.1) is 12.8 Å². The van der Waals surface area contributed by atoms with E-state index in [0.29, 0.717) is 19.8 Å². The maximum Gasteiger partial charge on any atom is 0.250 e. The van der Waals surface area contributed by atoms with Crippen molar-refractivity contribution in [3.63, 3.8) is 0 Å². The molecule has 0 fully saturated rings. The third-order valence-corrected chi connectivity index (χ3v) is 1.76. The minimum absolute atomic E-state index is 0.216. The van der Waals surface area contributed by atoms with E-state index in [9.17, 15) is 4.79 Å². The number of aliphatic imine (C=N–C) groups is 1. The van der Waals surface area contributed by atoms with E-state index >= 15 is 0 Å². The number of rotatable bonds is 7. The summed E-state index contributed by atoms with van der Waals surface area (Å²) in [5, 5.41) is 2.63. The first-order valence-electron chi connectivity index (χ1n) is 5.37. The van der Waals surface area contributed by atoms with Crippen LogP contribution in [0.3, 0.4) is 0 Å². The monoisotopic (exact) mass is 244 g/mol. The van der Waals surface area contributed by atoms with Gasteiger partial charge in [0.25, 0.3) is 5.91 Å². The molecule has 0 radical (unpaired) electrons. The van der Waals surface area contributed by atoms with Gasteiger partial charge in [0.1, 0.15) is 5.70 Å². The summed E-state index contributed by atoms with van der Waals surface area (Å²) in [6.45, 7) is 6.96. The number of carbonyl (C=O) groups excluding carboxylic acids is 1. The Labute approximate surface area is 108 Å². The van der Waals surface area contributed by atoms with Gasteiger partial charge in [-0.3, -0.25) is 4.79 Å². The molecule has 0 bridgehead atoms. The van der Waals surface area contributed by atoms with Crippen LogP contribution in [0.1, 0.15) is 6.92 Å². The summed E-state index contributed by atoms with van der Waals surface area (Å²) in [6, 6.07) is 0. The Morgan fingerprint density at radius 1 is 1.56 bits per heavy atom. The second-order valence-electron chi connectivity index (χ2n) is 3.08. The van der Waals surface area contributed by atoms with Crippen molar-refractivity contribution in [1.29, 1.82) is 0 Å². The van der Waals surface area contributed by atoms with Crippen LogP contribution in [0, 0.1) is 24.7 Å². The summed E-state index contributed by atoms with van der Waals surface area (Å²) in [6.07, 6.45) is 12.8. The van der Waals surface area contributed by atoms with Crippen LogP contribution in [0.5, 0.6) is 0 Å². The highest BCUT2D eigenvalue weighted by atomic mass is 16.5. The summed E-state index contributed by atoms with van der Waals surface area (Å²) in [5.41, 5.74) is 0.464. The number of hydrogen-bond donors (Lipinski definition) is 1. The fourth-order valence-corrected chi connectivity index (χ4v) is 0.948. The lowest BCUT2D eigenvalue weighted by Gasteiger charge is -2.04. The molecule has 94 valence electrons. The summed E-state index contributed by atoms with van der Waals surface area (Å²) >= 11 is 0. The smallest absolute Gasteiger partial charge is 0.250 e. The van der Waals surface area contributed by atoms with Crippen LogP contribution >= 0.6 is 0 Å². The molecule has 0 aromatic rings. The summed E-state index contributed by atoms with van der Waals surface area (Å²) in [5.74, 6) is 4.19. The normalized spacial score (nSPS) is 10.7. The molecule has 0 saturated carbocycles. The lowest BCUT2D eigenvalue weighted by atomic mass is 10.2. The zero-order chi connectivity index (χ0) is 13.8. The molecule has 4 heteroatoms. The molecule has 4 nitrogen and oxygen atoms in total. The van der Waals surface area contributed by atoms with Crippen LogP contribution in [-0.2, 0) is 9.53 Å². The molecule has 1 amide bonds. The highest BCUT2D eigenvalue weighted by molar-refractivity contribution is 5.95. The predicted octanol–water partition coefficient (Wildman–Crippen LogP) is 0.916. The molecule has 0 rings (SSSR count). The van der Waals surface area contributed by atoms with Gasteiger partial charge in [0.05, 0.1) is 12.8 Å². The fraction of sp³-hybridized carbons (Fsp3) is 0.286. The second-order valence-corrected chi connectivity index (χ2v) is 3.08. The Hall–Kier alpha value is -2.30. The Morgan fingerprint density at radius 2 is 2.28 bits per heavy atom. The van der Waals surface area contributed by atoms with Gasteiger partial charge in [0.2, 0.25) is 0 Å². The molecule has 0 aliphatic rings. The molecule has 0 heterocycles. The van der Waals surface area contributed by atoms with Gasteiger partial charge >= 0.3 is 0 Å². The molecule has 0 unspecified atom stereocenters. The van der Waals surface area contributed by atoms with Crippen LogP contribution < -0.4 is 5.32 Å². The number of ether oxygens (including phenoxy) is 1. The van der Waals surface area contributed by atoms with Gasteiger partial charge in [-0.05, 0) is 13.0 Å². The van der Waals surface area contributed by atoms with Gasteiger partial charge < -0.3 is 10.1 Å². The Balaban J connectivity index is 4.34. The van der Waals surface area contributed by atoms with Crippen molar-refractivity contribution >= 4 is 12.1 Å². The second kappa shape index (κ2) is 9.89. The topological polar surface area (TPSA) is 50.7 Å². The predicted molar refractivity (Wildman–Crippen MR) is 72.9 cm³/mol. The summed E-state index contributed by atoms with van der Waals surface area (Å²) in [4.78, 5) is 15.4. The van der Waals surface area contributed by atoms with Crippen LogP contribution in [0.15, 0.2) is 28.9 Å². The number of nitrogens with one attached hydrogen (secondary N) is 1. The van der Waals surface area contributed by atoms with Crippen LogP contribution in [0.25, 0.3) is 0 Å². The van der Waals surface area contributed by atoms with Gasteiger partial charge in [-0.2, -0.15) is 0 Å². The van der Waals surface area contributed by atoms with Gasteiger partial charge in [0, 0.05) is 18.7 Å². The lowest BCUT2D eigenvalue weighted by Crippen LogP contribution is -2.27. The molecule has 0 atom stereocenters. The van der Waals surface area contributed by atoms with Crippen molar-refractivity contribution in [3.8, 4) is 24.7 Å². The van der Waals surface area contributed by atoms with E-state index in [1.165, 1.54) is 12.3 Å². The first-order valence-corrected chi connectivity index (χ1v) is 5.37. The van der Waals surface area contributed by atoms with E-state index in [1.54, 1.807) is 0 Å². The minimum Gasteiger partial charge on any atom is -0.380 e. The van der Waals surface area contributed by atoms with E-state index in [0.717, 1.165) is 0 Å². The van der Waals surface area contributed by atoms with Crippen molar-refractivity contribution in [3.05, 3.63) is 23.9 Å². The zero-order valence-corrected chi connectivity index (χ0v) is 10.4. The van der Waals surface area contributed by atoms with E-state index in [2.05, 4.69) is 28.7 Å². The van der Waals surface area contributed by atoms with Crippen molar-refractivity contribution in [2.45, 2.75) is 6.92 Å². The van der Waals surface area contributed by atoms with Gasteiger partial charge in [0.15, 0.2) is 0 Å². The van der Waals surface area contributed by atoms with Crippen LogP contribution in [-0.4, -0.2) is 31.9 Å². The van der Waals surface area contributed by atoms with Crippen molar-refractivity contribution in [2.24, 2.45) is 4.99 Å². The molecular weight excluding hydrogens is 228 g/mol. The SMILES string of the molecule is C#CC=N/C(C#C)=C\C(=C)C(=O)NCCOCC. The highest BCUT2D eigenvalue weighted by Crippen LogP contribution is 2.01. The molecule has 0 aromatic heterocycles. The fourth-order valence-electron chi connectivity index (χ4n) is 0.948. The molecule has 0 aliphatic heterocycles. The molecule has 18 heavy (non-hydrogen) atoms. The van der Waals surface area contributed by atoms with Crippen LogP contribution in [0.4, 0.5) is 0 Å². The highest BCUT2D eigenvalue weighted by Gasteiger charge is 2.04. The summed E-state index contributed by atoms with van der Waals surface area (Å²) in [7, 11) is 0. The number of terminal acetylenes is 2. The number of amides is 1. The van der Waals surface area contributed by atoms with E-state index < -0.39 is 0 Å². The van der Waals surface area contributed by atoms with Crippen LogP contribution in [0.2, 0.25) is 0 Å². The number of nitrogens with zero attached hydrogens (tertiary/aromatic N) is 1. The molecular formula is C14H16N2O2. The van der Waals surface area contributed by atoms with Crippen molar-refractivity contribution < 1.29 is 9.53 Å². The Bertz CT molecular complexity index is 434. The Morgan fingerprint density at radius 3 is 2.83 bits per heavy atom. The van der Waals surface area contributed by atoms with Gasteiger partial charge in [-0.1, -0.05) is 18.4 Å². The summed E-state index contributed by atoms with van der Waals surface area (Å²) < 4.78 is 5.08. The number of allylic oxidation sites excluding steroid dienone is 1. The molecule has 0 saturated heterocycles. The van der Waals surface area contributed by atoms with E-state index in [-0.39, 0.29) is 17.2 Å². The number of carbonyl (C=O) groups is 1. The number of hydrogen-bond acceptors (Lipinski definition) is 3.